The predicted molar refractivity (Wildman–Crippen MR) is 51.5 cm³/mol. The van der Waals surface area contributed by atoms with Gasteiger partial charge < -0.3 is 10.6 Å². The Morgan fingerprint density at radius 3 is 2.85 bits per heavy atom. The summed E-state index contributed by atoms with van der Waals surface area (Å²) in [6.45, 7) is 0.357. The van der Waals surface area contributed by atoms with Gasteiger partial charge >= 0.3 is 0 Å². The van der Waals surface area contributed by atoms with Gasteiger partial charge in [0.05, 0.1) is 12.1 Å². The van der Waals surface area contributed by atoms with Gasteiger partial charge in [0.15, 0.2) is 5.78 Å². The standard InChI is InChI=1S/C9H13N3O/c1-12(2)6-9(13)7-5-11-4-3-8(7)10/h3-5H,6H2,1-2H3,(H2,10,11). The highest BCUT2D eigenvalue weighted by Crippen LogP contribution is 2.09. The summed E-state index contributed by atoms with van der Waals surface area (Å²) >= 11 is 0. The zero-order chi connectivity index (χ0) is 9.84. The molecule has 0 spiro atoms. The van der Waals surface area contributed by atoms with Gasteiger partial charge in [-0.25, -0.2) is 0 Å². The lowest BCUT2D eigenvalue weighted by Gasteiger charge is -2.08. The van der Waals surface area contributed by atoms with Gasteiger partial charge in [-0.1, -0.05) is 0 Å². The molecule has 1 heterocycles. The lowest BCUT2D eigenvalue weighted by Crippen LogP contribution is -2.22. The fourth-order valence-corrected chi connectivity index (χ4v) is 1.01. The number of hydrogen-bond acceptors (Lipinski definition) is 4. The zero-order valence-corrected chi connectivity index (χ0v) is 7.82. The van der Waals surface area contributed by atoms with E-state index in [-0.39, 0.29) is 5.78 Å². The summed E-state index contributed by atoms with van der Waals surface area (Å²) in [5, 5.41) is 0. The second kappa shape index (κ2) is 4.00. The molecule has 0 fully saturated rings. The Bertz CT molecular complexity index is 309. The lowest BCUT2D eigenvalue weighted by atomic mass is 10.1. The van der Waals surface area contributed by atoms with E-state index < -0.39 is 0 Å². The number of nitrogen functional groups attached to an aromatic ring is 1. The summed E-state index contributed by atoms with van der Waals surface area (Å²) in [5.74, 6) is -0.00407. The number of nitrogens with two attached hydrogens (primary N) is 1. The quantitative estimate of drug-likeness (QED) is 0.683. The number of carbonyl (C=O) groups excluding carboxylic acids is 1. The summed E-state index contributed by atoms with van der Waals surface area (Å²) in [6.07, 6.45) is 3.07. The first-order valence-corrected chi connectivity index (χ1v) is 3.98. The molecule has 1 aromatic heterocycles. The number of rotatable bonds is 3. The van der Waals surface area contributed by atoms with Crippen LogP contribution in [-0.2, 0) is 0 Å². The van der Waals surface area contributed by atoms with Crippen LogP contribution in [0.2, 0.25) is 0 Å². The maximum Gasteiger partial charge on any atom is 0.180 e. The van der Waals surface area contributed by atoms with E-state index in [2.05, 4.69) is 4.98 Å². The topological polar surface area (TPSA) is 59.2 Å². The Hall–Kier alpha value is -1.42. The number of likely N-dealkylation sites (N-methyl/N-ethyl adjacent to an activating group) is 1. The second-order valence-corrected chi connectivity index (χ2v) is 3.12. The predicted octanol–water partition coefficient (Wildman–Crippen LogP) is 0.408. The minimum Gasteiger partial charge on any atom is -0.398 e. The first-order chi connectivity index (χ1) is 6.11. The molecule has 2 N–H and O–H groups in total. The van der Waals surface area contributed by atoms with Crippen LogP contribution in [0.4, 0.5) is 5.69 Å². The molecular formula is C9H13N3O. The van der Waals surface area contributed by atoms with Gasteiger partial charge in [0, 0.05) is 18.1 Å². The number of pyridine rings is 1. The molecule has 13 heavy (non-hydrogen) atoms. The van der Waals surface area contributed by atoms with Crippen LogP contribution in [0.1, 0.15) is 10.4 Å². The molecule has 1 rings (SSSR count). The Labute approximate surface area is 77.4 Å². The van der Waals surface area contributed by atoms with Crippen molar-refractivity contribution in [2.75, 3.05) is 26.4 Å². The van der Waals surface area contributed by atoms with Gasteiger partial charge in [-0.2, -0.15) is 0 Å². The SMILES string of the molecule is CN(C)CC(=O)c1cnccc1N. The molecule has 0 atom stereocenters. The molecule has 0 unspecified atom stereocenters. The van der Waals surface area contributed by atoms with Gasteiger partial charge in [0.25, 0.3) is 0 Å². The van der Waals surface area contributed by atoms with Crippen molar-refractivity contribution in [2.45, 2.75) is 0 Å². The van der Waals surface area contributed by atoms with Gasteiger partial charge in [-0.3, -0.25) is 9.78 Å². The highest BCUT2D eigenvalue weighted by molar-refractivity contribution is 6.01. The number of Topliss-reactive ketones (excluding diaryl/α,β-unsaturated/α-hetero) is 1. The number of carbonyl (C=O) groups is 1. The van der Waals surface area contributed by atoms with Crippen molar-refractivity contribution in [2.24, 2.45) is 0 Å². The van der Waals surface area contributed by atoms with Gasteiger partial charge in [0.2, 0.25) is 0 Å². The summed E-state index contributed by atoms with van der Waals surface area (Å²) in [6, 6.07) is 1.63. The normalized spacial score (nSPS) is 10.4. The van der Waals surface area contributed by atoms with Crippen LogP contribution in [0, 0.1) is 0 Å². The fraction of sp³-hybridized carbons (Fsp3) is 0.333. The average Bonchev–Trinajstić information content (AvgIpc) is 2.03. The van der Waals surface area contributed by atoms with Crippen molar-refractivity contribution in [1.29, 1.82) is 0 Å². The van der Waals surface area contributed by atoms with E-state index in [1.54, 1.807) is 17.2 Å². The van der Waals surface area contributed by atoms with Crippen molar-refractivity contribution < 1.29 is 4.79 Å². The number of aromatic nitrogens is 1. The monoisotopic (exact) mass is 179 g/mol. The number of hydrogen-bond donors (Lipinski definition) is 1. The average molecular weight is 179 g/mol. The zero-order valence-electron chi connectivity index (χ0n) is 7.82. The maximum atomic E-state index is 11.5. The summed E-state index contributed by atoms with van der Waals surface area (Å²) in [4.78, 5) is 17.2. The van der Waals surface area contributed by atoms with Gasteiger partial charge in [-0.05, 0) is 20.2 Å². The first kappa shape index (κ1) is 9.67. The number of nitrogens with zero attached hydrogens (tertiary/aromatic N) is 2. The maximum absolute atomic E-state index is 11.5. The molecule has 4 heteroatoms. The summed E-state index contributed by atoms with van der Waals surface area (Å²) in [5.41, 5.74) is 6.60. The molecule has 0 saturated heterocycles. The highest BCUT2D eigenvalue weighted by Gasteiger charge is 2.09. The van der Waals surface area contributed by atoms with Crippen LogP contribution in [0.25, 0.3) is 0 Å². The molecule has 0 aliphatic carbocycles. The first-order valence-electron chi connectivity index (χ1n) is 3.98. The van der Waals surface area contributed by atoms with Crippen LogP contribution >= 0.6 is 0 Å². The third-order valence-electron chi connectivity index (χ3n) is 1.62. The van der Waals surface area contributed by atoms with Crippen LogP contribution in [0.15, 0.2) is 18.5 Å². The molecule has 0 amide bonds. The smallest absolute Gasteiger partial charge is 0.180 e. The molecule has 0 aliphatic heterocycles. The van der Waals surface area contributed by atoms with E-state index in [9.17, 15) is 4.79 Å². The minimum atomic E-state index is -0.00407. The third-order valence-corrected chi connectivity index (χ3v) is 1.62. The van der Waals surface area contributed by atoms with E-state index in [0.29, 0.717) is 17.8 Å². The summed E-state index contributed by atoms with van der Waals surface area (Å²) in [7, 11) is 3.68. The number of ketones is 1. The van der Waals surface area contributed by atoms with Crippen LogP contribution < -0.4 is 5.73 Å². The molecule has 0 bridgehead atoms. The van der Waals surface area contributed by atoms with Crippen LogP contribution in [-0.4, -0.2) is 36.3 Å². The van der Waals surface area contributed by atoms with Crippen molar-refractivity contribution in [1.82, 2.24) is 9.88 Å². The number of anilines is 1. The summed E-state index contributed by atoms with van der Waals surface area (Å²) < 4.78 is 0. The van der Waals surface area contributed by atoms with Crippen molar-refractivity contribution >= 4 is 11.5 Å². The molecular weight excluding hydrogens is 166 g/mol. The van der Waals surface area contributed by atoms with E-state index in [4.69, 9.17) is 5.73 Å². The van der Waals surface area contributed by atoms with Gasteiger partial charge in [-0.15, -0.1) is 0 Å². The van der Waals surface area contributed by atoms with E-state index in [1.807, 2.05) is 14.1 Å². The molecule has 4 nitrogen and oxygen atoms in total. The van der Waals surface area contributed by atoms with E-state index in [0.717, 1.165) is 0 Å². The Balaban J connectivity index is 2.83. The van der Waals surface area contributed by atoms with Crippen molar-refractivity contribution in [3.05, 3.63) is 24.0 Å². The molecule has 0 saturated carbocycles. The van der Waals surface area contributed by atoms with Crippen molar-refractivity contribution in [3.8, 4) is 0 Å². The van der Waals surface area contributed by atoms with Gasteiger partial charge in [0.1, 0.15) is 0 Å². The largest absolute Gasteiger partial charge is 0.398 e. The third kappa shape index (κ3) is 2.52. The minimum absolute atomic E-state index is 0.00407. The van der Waals surface area contributed by atoms with Crippen molar-refractivity contribution in [3.63, 3.8) is 0 Å². The lowest BCUT2D eigenvalue weighted by molar-refractivity contribution is 0.0958. The Morgan fingerprint density at radius 2 is 2.31 bits per heavy atom. The highest BCUT2D eigenvalue weighted by atomic mass is 16.1. The molecule has 70 valence electrons. The fourth-order valence-electron chi connectivity index (χ4n) is 1.01. The second-order valence-electron chi connectivity index (χ2n) is 3.12. The van der Waals surface area contributed by atoms with Crippen LogP contribution in [0.5, 0.6) is 0 Å². The molecule has 0 aromatic carbocycles. The molecule has 0 aliphatic rings. The van der Waals surface area contributed by atoms with E-state index >= 15 is 0 Å². The Morgan fingerprint density at radius 1 is 1.62 bits per heavy atom. The van der Waals surface area contributed by atoms with Crippen LogP contribution in [0.3, 0.4) is 0 Å². The Kier molecular flexibility index (Phi) is 2.97. The molecule has 0 radical (unpaired) electrons. The van der Waals surface area contributed by atoms with E-state index in [1.165, 1.54) is 6.20 Å². The molecule has 1 aromatic rings.